The largest absolute Gasteiger partial charge is 0.416 e. The van der Waals surface area contributed by atoms with E-state index >= 15 is 0 Å². The SMILES string of the molecule is CCCCNC(=O)NS(=O)(=O)c1ccc(NC(=O)c2ccc(C(F)(F)F)cc2)cc1. The van der Waals surface area contributed by atoms with Gasteiger partial charge in [-0.2, -0.15) is 13.2 Å². The molecular weight excluding hydrogens is 423 g/mol. The van der Waals surface area contributed by atoms with Gasteiger partial charge in [-0.25, -0.2) is 17.9 Å². The number of hydrogen-bond acceptors (Lipinski definition) is 4. The van der Waals surface area contributed by atoms with Gasteiger partial charge in [0.25, 0.3) is 15.9 Å². The Bertz CT molecular complexity index is 989. The molecule has 2 aromatic rings. The van der Waals surface area contributed by atoms with E-state index in [0.717, 1.165) is 30.7 Å². The highest BCUT2D eigenvalue weighted by Gasteiger charge is 2.30. The van der Waals surface area contributed by atoms with Crippen molar-refractivity contribution in [3.63, 3.8) is 0 Å². The Morgan fingerprint density at radius 1 is 0.967 bits per heavy atom. The molecule has 0 aromatic heterocycles. The summed E-state index contributed by atoms with van der Waals surface area (Å²) in [6.07, 6.45) is -2.95. The Balaban J connectivity index is 2.01. The van der Waals surface area contributed by atoms with Gasteiger partial charge in [0.15, 0.2) is 0 Å². The van der Waals surface area contributed by atoms with Crippen LogP contribution >= 0.6 is 0 Å². The summed E-state index contributed by atoms with van der Waals surface area (Å²) in [6, 6.07) is 7.79. The molecule has 11 heteroatoms. The van der Waals surface area contributed by atoms with Crippen LogP contribution in [0.2, 0.25) is 0 Å². The van der Waals surface area contributed by atoms with Crippen molar-refractivity contribution in [2.75, 3.05) is 11.9 Å². The summed E-state index contributed by atoms with van der Waals surface area (Å²) >= 11 is 0. The zero-order valence-corrected chi connectivity index (χ0v) is 16.7. The summed E-state index contributed by atoms with van der Waals surface area (Å²) in [6.45, 7) is 2.26. The zero-order chi connectivity index (χ0) is 22.4. The third kappa shape index (κ3) is 6.48. The quantitative estimate of drug-likeness (QED) is 0.567. The van der Waals surface area contributed by atoms with Crippen LogP contribution in [0.4, 0.5) is 23.7 Å². The molecule has 2 rings (SSSR count). The van der Waals surface area contributed by atoms with Gasteiger partial charge in [-0.15, -0.1) is 0 Å². The van der Waals surface area contributed by atoms with Gasteiger partial charge in [-0.3, -0.25) is 4.79 Å². The topological polar surface area (TPSA) is 104 Å². The Kier molecular flexibility index (Phi) is 7.43. The van der Waals surface area contributed by atoms with Crippen LogP contribution in [0.5, 0.6) is 0 Å². The van der Waals surface area contributed by atoms with E-state index in [1.807, 2.05) is 11.6 Å². The monoisotopic (exact) mass is 443 g/mol. The number of hydrogen-bond donors (Lipinski definition) is 3. The number of halogens is 3. The highest BCUT2D eigenvalue weighted by Crippen LogP contribution is 2.29. The van der Waals surface area contributed by atoms with E-state index in [0.29, 0.717) is 13.0 Å². The molecule has 3 N–H and O–H groups in total. The van der Waals surface area contributed by atoms with Crippen LogP contribution < -0.4 is 15.4 Å². The molecular formula is C19H20F3N3O4S. The number of urea groups is 1. The maximum absolute atomic E-state index is 12.6. The molecule has 2 aromatic carbocycles. The fourth-order valence-corrected chi connectivity index (χ4v) is 3.26. The van der Waals surface area contributed by atoms with Crippen molar-refractivity contribution in [1.29, 1.82) is 0 Å². The highest BCUT2D eigenvalue weighted by molar-refractivity contribution is 7.90. The van der Waals surface area contributed by atoms with Crippen molar-refractivity contribution in [2.24, 2.45) is 0 Å². The van der Waals surface area contributed by atoms with E-state index in [9.17, 15) is 31.2 Å². The number of rotatable bonds is 7. The highest BCUT2D eigenvalue weighted by atomic mass is 32.2. The number of anilines is 1. The van der Waals surface area contributed by atoms with E-state index < -0.39 is 33.7 Å². The van der Waals surface area contributed by atoms with Gasteiger partial charge in [0, 0.05) is 17.8 Å². The molecule has 0 atom stereocenters. The van der Waals surface area contributed by atoms with E-state index in [1.54, 1.807) is 0 Å². The van der Waals surface area contributed by atoms with Gasteiger partial charge in [-0.1, -0.05) is 13.3 Å². The number of amides is 3. The molecule has 0 aliphatic rings. The second kappa shape index (κ2) is 9.61. The second-order valence-corrected chi connectivity index (χ2v) is 7.95. The van der Waals surface area contributed by atoms with Crippen LogP contribution in [0.15, 0.2) is 53.4 Å². The molecule has 7 nitrogen and oxygen atoms in total. The number of unbranched alkanes of at least 4 members (excludes halogenated alkanes) is 1. The molecule has 0 aliphatic carbocycles. The first-order valence-electron chi connectivity index (χ1n) is 8.92. The van der Waals surface area contributed by atoms with Crippen LogP contribution in [0.25, 0.3) is 0 Å². The van der Waals surface area contributed by atoms with Crippen molar-refractivity contribution in [2.45, 2.75) is 30.8 Å². The molecule has 30 heavy (non-hydrogen) atoms. The first-order chi connectivity index (χ1) is 14.0. The van der Waals surface area contributed by atoms with Crippen molar-refractivity contribution in [1.82, 2.24) is 10.0 Å². The molecule has 162 valence electrons. The fourth-order valence-electron chi connectivity index (χ4n) is 2.33. The van der Waals surface area contributed by atoms with Crippen molar-refractivity contribution in [3.05, 3.63) is 59.7 Å². The molecule has 0 bridgehead atoms. The molecule has 3 amide bonds. The van der Waals surface area contributed by atoms with Crippen molar-refractivity contribution >= 4 is 27.6 Å². The van der Waals surface area contributed by atoms with Gasteiger partial charge >= 0.3 is 12.2 Å². The average Bonchev–Trinajstić information content (AvgIpc) is 2.67. The normalized spacial score (nSPS) is 11.6. The molecule has 0 spiro atoms. The van der Waals surface area contributed by atoms with Crippen LogP contribution in [-0.4, -0.2) is 26.9 Å². The lowest BCUT2D eigenvalue weighted by Crippen LogP contribution is -2.39. The van der Waals surface area contributed by atoms with E-state index in [2.05, 4.69) is 10.6 Å². The zero-order valence-electron chi connectivity index (χ0n) is 15.9. The number of sulfonamides is 1. The Hall–Kier alpha value is -3.08. The standard InChI is InChI=1S/C19H20F3N3O4S/c1-2-3-12-23-18(27)25-30(28,29)16-10-8-15(9-11-16)24-17(26)13-4-6-14(7-5-13)19(20,21)22/h4-11H,2-3,12H2,1H3,(H,24,26)(H2,23,25,27). The third-order valence-corrected chi connectivity index (χ3v) is 5.29. The number of nitrogens with one attached hydrogen (secondary N) is 3. The number of benzene rings is 2. The lowest BCUT2D eigenvalue weighted by atomic mass is 10.1. The van der Waals surface area contributed by atoms with Crippen molar-refractivity contribution in [3.8, 4) is 0 Å². The van der Waals surface area contributed by atoms with Gasteiger partial charge in [0.2, 0.25) is 0 Å². The molecule has 0 saturated carbocycles. The Morgan fingerprint density at radius 2 is 1.57 bits per heavy atom. The van der Waals surface area contributed by atoms with Gasteiger partial charge in [-0.05, 0) is 55.0 Å². The first-order valence-corrected chi connectivity index (χ1v) is 10.4. The van der Waals surface area contributed by atoms with Gasteiger partial charge in [0.1, 0.15) is 0 Å². The van der Waals surface area contributed by atoms with Crippen LogP contribution in [0.3, 0.4) is 0 Å². The van der Waals surface area contributed by atoms with Crippen LogP contribution in [-0.2, 0) is 16.2 Å². The van der Waals surface area contributed by atoms with Gasteiger partial charge in [0.05, 0.1) is 10.5 Å². The number of carbonyl (C=O) groups is 2. The summed E-state index contributed by atoms with van der Waals surface area (Å²) in [4.78, 5) is 23.6. The third-order valence-electron chi connectivity index (χ3n) is 3.94. The number of alkyl halides is 3. The fraction of sp³-hybridized carbons (Fsp3) is 0.263. The smallest absolute Gasteiger partial charge is 0.337 e. The van der Waals surface area contributed by atoms with Crippen LogP contribution in [0, 0.1) is 0 Å². The first kappa shape index (κ1) is 23.2. The summed E-state index contributed by atoms with van der Waals surface area (Å²) in [7, 11) is -4.09. The summed E-state index contributed by atoms with van der Waals surface area (Å²) in [5.74, 6) is -0.659. The van der Waals surface area contributed by atoms with E-state index in [4.69, 9.17) is 0 Å². The lowest BCUT2D eigenvalue weighted by molar-refractivity contribution is -0.137. The summed E-state index contributed by atoms with van der Waals surface area (Å²) in [5.41, 5.74) is -0.642. The molecule has 0 aliphatic heterocycles. The summed E-state index contributed by atoms with van der Waals surface area (Å²) in [5, 5.41) is 4.88. The maximum atomic E-state index is 12.6. The minimum absolute atomic E-state index is 0.00474. The molecule has 0 unspecified atom stereocenters. The van der Waals surface area contributed by atoms with Crippen molar-refractivity contribution < 1.29 is 31.2 Å². The van der Waals surface area contributed by atoms with E-state index in [1.165, 1.54) is 24.3 Å². The van der Waals surface area contributed by atoms with Crippen LogP contribution in [0.1, 0.15) is 35.7 Å². The summed E-state index contributed by atoms with van der Waals surface area (Å²) < 4.78 is 64.0. The lowest BCUT2D eigenvalue weighted by Gasteiger charge is -2.10. The van der Waals surface area contributed by atoms with Gasteiger partial charge < -0.3 is 10.6 Å². The van der Waals surface area contributed by atoms with E-state index in [-0.39, 0.29) is 16.1 Å². The second-order valence-electron chi connectivity index (χ2n) is 6.27. The average molecular weight is 443 g/mol. The molecule has 0 heterocycles. The predicted molar refractivity (Wildman–Crippen MR) is 104 cm³/mol. The molecule has 0 fully saturated rings. The Labute approximate surface area is 171 Å². The predicted octanol–water partition coefficient (Wildman–Crippen LogP) is 3.75. The minimum atomic E-state index is -4.50. The maximum Gasteiger partial charge on any atom is 0.416 e. The Morgan fingerprint density at radius 3 is 2.10 bits per heavy atom. The number of carbonyl (C=O) groups excluding carboxylic acids is 2. The molecule has 0 radical (unpaired) electrons. The molecule has 0 saturated heterocycles. The minimum Gasteiger partial charge on any atom is -0.337 e.